The van der Waals surface area contributed by atoms with E-state index in [1.807, 2.05) is 6.92 Å². The van der Waals surface area contributed by atoms with Crippen molar-refractivity contribution in [3.8, 4) is 0 Å². The molecule has 54 heavy (non-hydrogen) atoms. The van der Waals surface area contributed by atoms with Gasteiger partial charge in [-0.2, -0.15) is 0 Å². The molecule has 6 rings (SSSR count). The minimum Gasteiger partial charge on any atom is -0.456 e. The van der Waals surface area contributed by atoms with Gasteiger partial charge in [0.2, 0.25) is 0 Å². The number of benzene rings is 2. The molecule has 292 valence electrons. The van der Waals surface area contributed by atoms with Gasteiger partial charge in [-0.25, -0.2) is 9.59 Å². The van der Waals surface area contributed by atoms with E-state index < -0.39 is 101 Å². The molecule has 4 aliphatic rings. The fourth-order valence-electron chi connectivity index (χ4n) is 9.32. The van der Waals surface area contributed by atoms with Crippen LogP contribution in [0.5, 0.6) is 0 Å². The zero-order valence-corrected chi connectivity index (χ0v) is 31.2. The third-order valence-corrected chi connectivity index (χ3v) is 12.7. The van der Waals surface area contributed by atoms with Crippen LogP contribution in [0.1, 0.15) is 87.4 Å². The molecule has 3 fully saturated rings. The number of unbranched alkanes of at least 4 members (excludes halogenated alkanes) is 1. The lowest BCUT2D eigenvalue weighted by atomic mass is 9.44. The van der Waals surface area contributed by atoms with Gasteiger partial charge in [0.05, 0.1) is 35.8 Å². The molecule has 13 heteroatoms. The monoisotopic (exact) mass is 749 g/mol. The Hall–Kier alpha value is -3.98. The largest absolute Gasteiger partial charge is 0.456 e. The summed E-state index contributed by atoms with van der Waals surface area (Å²) in [5, 5.41) is 63.2. The summed E-state index contributed by atoms with van der Waals surface area (Å²) in [6.07, 6.45) is -8.46. The number of esters is 2. The lowest BCUT2D eigenvalue weighted by Crippen LogP contribution is -2.81. The molecule has 2 aromatic carbocycles. The number of Topliss-reactive ketones (excluding diaryl/α,β-unsaturated/α-hetero) is 1. The van der Waals surface area contributed by atoms with Crippen LogP contribution in [0.4, 0.5) is 0 Å². The lowest BCUT2D eigenvalue weighted by molar-refractivity contribution is -0.343. The molecule has 1 saturated heterocycles. The van der Waals surface area contributed by atoms with Gasteiger partial charge in [0, 0.05) is 29.7 Å². The number of aliphatic hydroxyl groups excluding tert-OH is 3. The summed E-state index contributed by atoms with van der Waals surface area (Å²) in [4.78, 5) is 55.5. The van der Waals surface area contributed by atoms with Crippen molar-refractivity contribution in [2.45, 2.75) is 121 Å². The van der Waals surface area contributed by atoms with Crippen molar-refractivity contribution >= 4 is 23.6 Å². The minimum absolute atomic E-state index is 0.0138. The average molecular weight is 750 g/mol. The van der Waals surface area contributed by atoms with E-state index in [9.17, 15) is 44.7 Å². The second-order valence-electron chi connectivity index (χ2n) is 16.1. The molecule has 9 unspecified atom stereocenters. The Labute approximate surface area is 314 Å². The van der Waals surface area contributed by atoms with Crippen LogP contribution in [0.2, 0.25) is 0 Å². The first kappa shape index (κ1) is 39.7. The molecule has 6 N–H and O–H groups in total. The van der Waals surface area contributed by atoms with Crippen molar-refractivity contribution < 1.29 is 58.9 Å². The zero-order valence-electron chi connectivity index (χ0n) is 31.2. The molecular weight excluding hydrogens is 698 g/mol. The Morgan fingerprint density at radius 1 is 0.963 bits per heavy atom. The predicted octanol–water partition coefficient (Wildman–Crippen LogP) is 2.41. The Kier molecular flexibility index (Phi) is 10.7. The second kappa shape index (κ2) is 14.6. The number of carbonyl (C=O) groups excluding carboxylic acids is 4. The second-order valence-corrected chi connectivity index (χ2v) is 16.1. The number of nitrogens with one attached hydrogen (secondary N) is 1. The van der Waals surface area contributed by atoms with Crippen molar-refractivity contribution in [2.24, 2.45) is 16.7 Å². The van der Waals surface area contributed by atoms with Gasteiger partial charge in [0.1, 0.15) is 29.5 Å². The summed E-state index contributed by atoms with van der Waals surface area (Å²) in [5.74, 6) is -4.89. The van der Waals surface area contributed by atoms with E-state index in [1.165, 1.54) is 26.0 Å². The Balaban J connectivity index is 1.42. The highest BCUT2D eigenvalue weighted by Crippen LogP contribution is 2.63. The van der Waals surface area contributed by atoms with Crippen LogP contribution in [-0.2, 0) is 23.8 Å². The maximum Gasteiger partial charge on any atom is 0.338 e. The molecular formula is C41H51NO12. The molecule has 2 saturated carbocycles. The Bertz CT molecular complexity index is 1800. The van der Waals surface area contributed by atoms with Gasteiger partial charge < -0.3 is 45.1 Å². The number of amides is 1. The topological polar surface area (TPSA) is 209 Å². The standard InChI is InChI=1S/C41H51NO12/c1-6-7-18-25(42-35(47)23-14-10-8-11-15-23)30(44)37(49)53-26-20-41(51)34(54-36(48)24-16-12-9-13-17-24)32-39(5,27(43)19-28-40(32,50)21-52-28)33(46)31(45)29(22(26)2)38(41,3)4/h8-17,25-28,30-32,34,43-45,50-51H,6-7,18-21H2,1-5H3,(H,42,47)/t25?,26?,27?,28?,30?,31?,32?,34?,39-,40+,41?/m1/s1. The summed E-state index contributed by atoms with van der Waals surface area (Å²) in [5.41, 5.74) is -7.02. The van der Waals surface area contributed by atoms with Crippen LogP contribution in [-0.4, -0.2) is 110 Å². The summed E-state index contributed by atoms with van der Waals surface area (Å²) in [6, 6.07) is 15.2. The highest BCUT2D eigenvalue weighted by molar-refractivity contribution is 5.95. The van der Waals surface area contributed by atoms with Crippen LogP contribution >= 0.6 is 0 Å². The fraction of sp³-hybridized carbons (Fsp3) is 0.561. The van der Waals surface area contributed by atoms with Gasteiger partial charge in [0.15, 0.2) is 11.9 Å². The van der Waals surface area contributed by atoms with Crippen LogP contribution in [0.25, 0.3) is 0 Å². The molecule has 3 aliphatic carbocycles. The quantitative estimate of drug-likeness (QED) is 0.153. The SMILES string of the molecule is CCCCC(NC(=O)c1ccccc1)C(O)C(=O)OC1CC2(O)C(OC(=O)c3ccccc3)C3[C@]4(O)COC4CC(O)[C@@]3(C)C(=O)C(O)C(=C1C)C2(C)C. The fourth-order valence-corrected chi connectivity index (χ4v) is 9.32. The molecule has 1 aliphatic heterocycles. The van der Waals surface area contributed by atoms with Crippen LogP contribution in [0, 0.1) is 16.7 Å². The summed E-state index contributed by atoms with van der Waals surface area (Å²) in [7, 11) is 0. The zero-order chi connectivity index (χ0) is 39.4. The molecule has 0 spiro atoms. The van der Waals surface area contributed by atoms with E-state index >= 15 is 0 Å². The van der Waals surface area contributed by atoms with E-state index in [4.69, 9.17) is 14.2 Å². The van der Waals surface area contributed by atoms with Crippen molar-refractivity contribution in [3.63, 3.8) is 0 Å². The van der Waals surface area contributed by atoms with Gasteiger partial charge in [-0.1, -0.05) is 70.0 Å². The smallest absolute Gasteiger partial charge is 0.338 e. The third kappa shape index (κ3) is 6.28. The maximum atomic E-state index is 14.7. The van der Waals surface area contributed by atoms with Crippen LogP contribution in [0.15, 0.2) is 71.8 Å². The predicted molar refractivity (Wildman–Crippen MR) is 193 cm³/mol. The Morgan fingerprint density at radius 2 is 1.57 bits per heavy atom. The van der Waals surface area contributed by atoms with Crippen molar-refractivity contribution in [1.29, 1.82) is 0 Å². The molecule has 0 aromatic heterocycles. The molecule has 1 amide bonds. The highest BCUT2D eigenvalue weighted by atomic mass is 16.6. The number of hydrogen-bond donors (Lipinski definition) is 6. The van der Waals surface area contributed by atoms with E-state index in [-0.39, 0.29) is 36.2 Å². The van der Waals surface area contributed by atoms with Gasteiger partial charge in [0.25, 0.3) is 5.91 Å². The number of ether oxygens (including phenoxy) is 3. The third-order valence-electron chi connectivity index (χ3n) is 12.7. The summed E-state index contributed by atoms with van der Waals surface area (Å²) in [6.45, 7) is 7.69. The van der Waals surface area contributed by atoms with Gasteiger partial charge in [-0.15, -0.1) is 0 Å². The molecule has 2 aromatic rings. The maximum absolute atomic E-state index is 14.7. The molecule has 11 atom stereocenters. The van der Waals surface area contributed by atoms with E-state index in [0.717, 1.165) is 0 Å². The van der Waals surface area contributed by atoms with Crippen molar-refractivity contribution in [1.82, 2.24) is 5.32 Å². The first-order chi connectivity index (χ1) is 25.4. The molecule has 0 radical (unpaired) electrons. The van der Waals surface area contributed by atoms with Gasteiger partial charge in [-0.05, 0) is 55.7 Å². The van der Waals surface area contributed by atoms with Crippen LogP contribution < -0.4 is 5.32 Å². The van der Waals surface area contributed by atoms with Crippen LogP contribution in [0.3, 0.4) is 0 Å². The Morgan fingerprint density at radius 3 is 2.15 bits per heavy atom. The van der Waals surface area contributed by atoms with Crippen molar-refractivity contribution in [2.75, 3.05) is 6.61 Å². The number of aliphatic hydroxyl groups is 5. The average Bonchev–Trinajstić information content (AvgIpc) is 3.15. The first-order valence-corrected chi connectivity index (χ1v) is 18.6. The van der Waals surface area contributed by atoms with Gasteiger partial charge in [-0.3, -0.25) is 9.59 Å². The summed E-state index contributed by atoms with van der Waals surface area (Å²) >= 11 is 0. The first-order valence-electron chi connectivity index (χ1n) is 18.6. The number of carbonyl (C=O) groups is 4. The van der Waals surface area contributed by atoms with Crippen molar-refractivity contribution in [3.05, 3.63) is 82.9 Å². The normalized spacial score (nSPS) is 35.2. The molecule has 13 nitrogen and oxygen atoms in total. The molecule has 1 heterocycles. The molecule has 2 bridgehead atoms. The minimum atomic E-state index is -2.27. The van der Waals surface area contributed by atoms with E-state index in [0.29, 0.717) is 18.4 Å². The number of fused-ring (bicyclic) bond motifs is 5. The van der Waals surface area contributed by atoms with Gasteiger partial charge >= 0.3 is 11.9 Å². The highest BCUT2D eigenvalue weighted by Gasteiger charge is 2.76. The van der Waals surface area contributed by atoms with E-state index in [2.05, 4.69) is 5.32 Å². The number of hydrogen-bond acceptors (Lipinski definition) is 12. The lowest BCUT2D eigenvalue weighted by Gasteiger charge is -2.66. The number of rotatable bonds is 10. The number of ketones is 1. The van der Waals surface area contributed by atoms with E-state index in [1.54, 1.807) is 62.4 Å². The summed E-state index contributed by atoms with van der Waals surface area (Å²) < 4.78 is 17.8.